The van der Waals surface area contributed by atoms with Crippen LogP contribution in [-0.4, -0.2) is 13.4 Å². The van der Waals surface area contributed by atoms with Crippen molar-refractivity contribution in [2.24, 2.45) is 5.73 Å². The summed E-state index contributed by atoms with van der Waals surface area (Å²) in [5, 5.41) is -1.03. The summed E-state index contributed by atoms with van der Waals surface area (Å²) < 4.78 is 10.0. The normalized spacial score (nSPS) is 16.3. The minimum atomic E-state index is -1.72. The van der Waals surface area contributed by atoms with Gasteiger partial charge in [-0.05, 0) is 12.1 Å². The highest BCUT2D eigenvalue weighted by Gasteiger charge is 2.34. The third-order valence-corrected chi connectivity index (χ3v) is 4.17. The van der Waals surface area contributed by atoms with Gasteiger partial charge in [0.15, 0.2) is 0 Å². The van der Waals surface area contributed by atoms with Gasteiger partial charge in [-0.15, -0.1) is 0 Å². The molecule has 0 bridgehead atoms. The van der Waals surface area contributed by atoms with E-state index < -0.39 is 20.0 Å². The van der Waals surface area contributed by atoms with Crippen molar-refractivity contribution in [3.05, 3.63) is 30.3 Å². The third-order valence-electron chi connectivity index (χ3n) is 1.53. The first-order chi connectivity index (χ1) is 6.43. The fourth-order valence-electron chi connectivity index (χ4n) is 0.823. The highest BCUT2D eigenvalue weighted by Crippen LogP contribution is 2.32. The number of hydrogen-bond donors (Lipinski definition) is 1. The van der Waals surface area contributed by atoms with Crippen LogP contribution in [0.1, 0.15) is 0 Å². The molecule has 0 aliphatic heterocycles. The van der Waals surface area contributed by atoms with Crippen LogP contribution in [0.3, 0.4) is 0 Å². The van der Waals surface area contributed by atoms with Crippen molar-refractivity contribution in [1.82, 2.24) is 0 Å². The minimum absolute atomic E-state index is 0.548. The van der Waals surface area contributed by atoms with E-state index in [4.69, 9.17) is 40.5 Å². The zero-order chi connectivity index (χ0) is 10.8. The first kappa shape index (κ1) is 12.3. The molecule has 0 saturated heterocycles. The van der Waals surface area contributed by atoms with Crippen LogP contribution < -0.4 is 5.73 Å². The lowest BCUT2D eigenvalue weighted by molar-refractivity contribution is 0.671. The summed E-state index contributed by atoms with van der Waals surface area (Å²) in [5.41, 5.74) is 5.53. The second kappa shape index (κ2) is 4.81. The highest BCUT2D eigenvalue weighted by molar-refractivity contribution is 7.86. The second-order valence-electron chi connectivity index (χ2n) is 2.57. The van der Waals surface area contributed by atoms with Crippen molar-refractivity contribution < 1.29 is 4.21 Å². The predicted octanol–water partition coefficient (Wildman–Crippen LogP) is 2.45. The number of halogens is 3. The van der Waals surface area contributed by atoms with Gasteiger partial charge in [0.1, 0.15) is 5.37 Å². The molecule has 2 atom stereocenters. The Morgan fingerprint density at radius 2 is 1.71 bits per heavy atom. The second-order valence-corrected chi connectivity index (χ2v) is 6.52. The molecule has 0 spiro atoms. The molecule has 2 N–H and O–H groups in total. The Balaban J connectivity index is 2.87. The quantitative estimate of drug-likeness (QED) is 0.841. The van der Waals surface area contributed by atoms with E-state index in [1.165, 1.54) is 0 Å². The molecular weight excluding hydrogens is 265 g/mol. The van der Waals surface area contributed by atoms with Crippen LogP contribution in [0.5, 0.6) is 0 Å². The summed E-state index contributed by atoms with van der Waals surface area (Å²) in [4.78, 5) is 0.548. The van der Waals surface area contributed by atoms with Crippen LogP contribution in [-0.2, 0) is 10.8 Å². The van der Waals surface area contributed by atoms with E-state index >= 15 is 0 Å². The first-order valence-electron chi connectivity index (χ1n) is 3.71. The lowest BCUT2D eigenvalue weighted by Gasteiger charge is -2.19. The summed E-state index contributed by atoms with van der Waals surface area (Å²) in [6.45, 7) is 0. The molecule has 0 aliphatic rings. The Labute approximate surface area is 99.8 Å². The van der Waals surface area contributed by atoms with Crippen LogP contribution in [0.2, 0.25) is 0 Å². The third kappa shape index (κ3) is 3.11. The average Bonchev–Trinajstić information content (AvgIpc) is 2.15. The summed E-state index contributed by atoms with van der Waals surface area (Å²) in [5.74, 6) is 0. The molecule has 0 saturated carbocycles. The number of rotatable bonds is 2. The maximum absolute atomic E-state index is 11.7. The summed E-state index contributed by atoms with van der Waals surface area (Å²) in [7, 11) is -1.52. The van der Waals surface area contributed by atoms with Gasteiger partial charge in [0.05, 0.1) is 10.8 Å². The molecule has 0 aliphatic carbocycles. The van der Waals surface area contributed by atoms with Crippen molar-refractivity contribution >= 4 is 45.6 Å². The molecule has 1 aromatic carbocycles. The van der Waals surface area contributed by atoms with Crippen LogP contribution >= 0.6 is 34.8 Å². The van der Waals surface area contributed by atoms with E-state index in [0.717, 1.165) is 0 Å². The SMILES string of the molecule is NC(S(=O)c1ccccc1)C(Cl)(Cl)Cl. The van der Waals surface area contributed by atoms with E-state index in [9.17, 15) is 4.21 Å². The van der Waals surface area contributed by atoms with Gasteiger partial charge in [0, 0.05) is 4.90 Å². The largest absolute Gasteiger partial charge is 0.313 e. The van der Waals surface area contributed by atoms with Gasteiger partial charge in [0.25, 0.3) is 0 Å². The van der Waals surface area contributed by atoms with E-state index in [2.05, 4.69) is 0 Å². The standard InChI is InChI=1S/C8H8Cl3NOS/c9-8(10,11)7(12)14(13)6-4-2-1-3-5-6/h1-5,7H,12H2. The zero-order valence-electron chi connectivity index (χ0n) is 6.99. The molecule has 0 radical (unpaired) electrons. The molecule has 0 amide bonds. The van der Waals surface area contributed by atoms with Crippen LogP contribution in [0.25, 0.3) is 0 Å². The fraction of sp³-hybridized carbons (Fsp3) is 0.250. The maximum Gasteiger partial charge on any atom is 0.217 e. The predicted molar refractivity (Wildman–Crippen MR) is 61.1 cm³/mol. The molecule has 0 heterocycles. The van der Waals surface area contributed by atoms with Gasteiger partial charge in [-0.25, -0.2) is 0 Å². The smallest absolute Gasteiger partial charge is 0.217 e. The van der Waals surface area contributed by atoms with Gasteiger partial charge in [-0.3, -0.25) is 4.21 Å². The number of nitrogens with two attached hydrogens (primary N) is 1. The molecule has 1 aromatic rings. The van der Waals surface area contributed by atoms with E-state index in [1.54, 1.807) is 24.3 Å². The van der Waals surface area contributed by atoms with Gasteiger partial charge >= 0.3 is 0 Å². The molecule has 2 unspecified atom stereocenters. The van der Waals surface area contributed by atoms with Crippen molar-refractivity contribution in [3.63, 3.8) is 0 Å². The van der Waals surface area contributed by atoms with Crippen LogP contribution in [0.15, 0.2) is 35.2 Å². The molecular formula is C8H8Cl3NOS. The Kier molecular flexibility index (Phi) is 4.22. The van der Waals surface area contributed by atoms with Crippen molar-refractivity contribution in [2.45, 2.75) is 14.1 Å². The molecule has 14 heavy (non-hydrogen) atoms. The Morgan fingerprint density at radius 1 is 1.21 bits per heavy atom. The molecule has 2 nitrogen and oxygen atoms in total. The molecule has 0 fully saturated rings. The number of hydrogen-bond acceptors (Lipinski definition) is 2. The van der Waals surface area contributed by atoms with Crippen LogP contribution in [0, 0.1) is 0 Å². The first-order valence-corrected chi connectivity index (χ1v) is 6.05. The summed E-state index contributed by atoms with van der Waals surface area (Å²) >= 11 is 16.6. The van der Waals surface area contributed by atoms with Crippen LogP contribution in [0.4, 0.5) is 0 Å². The van der Waals surface area contributed by atoms with Crippen molar-refractivity contribution in [3.8, 4) is 0 Å². The topological polar surface area (TPSA) is 43.1 Å². The average molecular weight is 273 g/mol. The minimum Gasteiger partial charge on any atom is -0.313 e. The van der Waals surface area contributed by atoms with E-state index in [1.807, 2.05) is 6.07 Å². The lowest BCUT2D eigenvalue weighted by Crippen LogP contribution is -2.38. The molecule has 0 aromatic heterocycles. The zero-order valence-corrected chi connectivity index (χ0v) is 10.1. The van der Waals surface area contributed by atoms with E-state index in [-0.39, 0.29) is 0 Å². The number of benzene rings is 1. The van der Waals surface area contributed by atoms with E-state index in [0.29, 0.717) is 4.90 Å². The Hall–Kier alpha value is 0.200. The van der Waals surface area contributed by atoms with Gasteiger partial charge in [0.2, 0.25) is 3.79 Å². The highest BCUT2D eigenvalue weighted by atomic mass is 35.6. The summed E-state index contributed by atoms with van der Waals surface area (Å²) in [6, 6.07) is 8.65. The van der Waals surface area contributed by atoms with Crippen molar-refractivity contribution in [1.29, 1.82) is 0 Å². The lowest BCUT2D eigenvalue weighted by atomic mass is 10.4. The Bertz CT molecular complexity index is 325. The van der Waals surface area contributed by atoms with Gasteiger partial charge in [-0.2, -0.15) is 0 Å². The molecule has 6 heteroatoms. The maximum atomic E-state index is 11.7. The molecule has 78 valence electrons. The molecule has 1 rings (SSSR count). The summed E-state index contributed by atoms with van der Waals surface area (Å²) in [6.07, 6.45) is 0. The monoisotopic (exact) mass is 271 g/mol. The Morgan fingerprint density at radius 3 is 2.14 bits per heavy atom. The van der Waals surface area contributed by atoms with Gasteiger partial charge in [-0.1, -0.05) is 53.0 Å². The number of alkyl halides is 3. The fourth-order valence-corrected chi connectivity index (χ4v) is 2.51. The van der Waals surface area contributed by atoms with Gasteiger partial charge < -0.3 is 5.73 Å². The van der Waals surface area contributed by atoms with Crippen molar-refractivity contribution in [2.75, 3.05) is 0 Å².